The molecule has 1 spiro atoms. The van der Waals surface area contributed by atoms with Gasteiger partial charge in [0, 0.05) is 22.7 Å². The molecule has 180 valence electrons. The first kappa shape index (κ1) is 22.3. The van der Waals surface area contributed by atoms with Crippen LogP contribution < -0.4 is 14.4 Å². The van der Waals surface area contributed by atoms with Crippen LogP contribution in [0.1, 0.15) is 44.7 Å². The molecule has 1 fully saturated rings. The highest BCUT2D eigenvalue weighted by Crippen LogP contribution is 2.61. The second kappa shape index (κ2) is 7.92. The highest BCUT2D eigenvalue weighted by Gasteiger charge is 2.71. The van der Waals surface area contributed by atoms with Crippen molar-refractivity contribution < 1.29 is 23.9 Å². The van der Waals surface area contributed by atoms with E-state index in [0.717, 1.165) is 11.3 Å². The summed E-state index contributed by atoms with van der Waals surface area (Å²) in [5.41, 5.74) is 1.78. The summed E-state index contributed by atoms with van der Waals surface area (Å²) in [5, 5.41) is 0. The maximum atomic E-state index is 14.4. The average molecular weight is 480 g/mol. The van der Waals surface area contributed by atoms with Crippen molar-refractivity contribution in [3.63, 3.8) is 0 Å². The summed E-state index contributed by atoms with van der Waals surface area (Å²) < 4.78 is 11.0. The number of Topliss-reactive ketones (excluding diaryl/α,β-unsaturated/α-hetero) is 3. The molecule has 0 unspecified atom stereocenters. The molecule has 3 aromatic rings. The highest BCUT2D eigenvalue weighted by molar-refractivity contribution is 6.32. The number of ether oxygens (including phenoxy) is 2. The highest BCUT2D eigenvalue weighted by atomic mass is 16.5. The quantitative estimate of drug-likeness (QED) is 0.504. The van der Waals surface area contributed by atoms with E-state index in [0.29, 0.717) is 28.2 Å². The zero-order valence-corrected chi connectivity index (χ0v) is 20.2. The second-order valence-corrected chi connectivity index (χ2v) is 9.49. The van der Waals surface area contributed by atoms with E-state index < -0.39 is 23.4 Å². The topological polar surface area (TPSA) is 72.9 Å². The molecule has 0 aromatic heterocycles. The molecule has 6 heteroatoms. The van der Waals surface area contributed by atoms with Crippen LogP contribution in [-0.4, -0.2) is 43.7 Å². The summed E-state index contributed by atoms with van der Waals surface area (Å²) in [6, 6.07) is 18.8. The first-order chi connectivity index (χ1) is 17.4. The van der Waals surface area contributed by atoms with Crippen LogP contribution in [0.5, 0.6) is 11.5 Å². The number of carbonyl (C=O) groups is 3. The molecular weight excluding hydrogens is 454 g/mol. The van der Waals surface area contributed by atoms with Gasteiger partial charge in [0.2, 0.25) is 0 Å². The molecule has 6 nitrogen and oxygen atoms in total. The lowest BCUT2D eigenvalue weighted by molar-refractivity contribution is -0.118. The van der Waals surface area contributed by atoms with Gasteiger partial charge in [-0.05, 0) is 36.2 Å². The van der Waals surface area contributed by atoms with Crippen molar-refractivity contribution in [3.8, 4) is 11.5 Å². The van der Waals surface area contributed by atoms with E-state index >= 15 is 0 Å². The Hall–Kier alpha value is -4.19. The number of benzene rings is 3. The van der Waals surface area contributed by atoms with Crippen molar-refractivity contribution >= 4 is 29.1 Å². The first-order valence-electron chi connectivity index (χ1n) is 11.9. The molecule has 1 saturated heterocycles. The number of hydrogen-bond acceptors (Lipinski definition) is 6. The lowest BCUT2D eigenvalue weighted by atomic mass is 9.64. The maximum absolute atomic E-state index is 14.4. The van der Waals surface area contributed by atoms with Crippen molar-refractivity contribution in [1.82, 2.24) is 0 Å². The summed E-state index contributed by atoms with van der Waals surface area (Å²) >= 11 is 0. The third kappa shape index (κ3) is 2.70. The maximum Gasteiger partial charge on any atom is 0.180 e. The first-order valence-corrected chi connectivity index (χ1v) is 11.9. The summed E-state index contributed by atoms with van der Waals surface area (Å²) in [6.45, 7) is 1.53. The summed E-state index contributed by atoms with van der Waals surface area (Å²) in [4.78, 5) is 44.2. The Kier molecular flexibility index (Phi) is 4.90. The standard InChI is InChI=1S/C30H25NO5/c1-17(32)27-26(19-12-14-23(35-2)24(16-19)36-3)30(28(33)20-9-5-6-10-21(20)29(30)34)25-15-13-18-8-4-7-11-22(18)31(25)27/h4-16,25-27H,1-3H3/t25-,26+,27-/m1/s1. The van der Waals surface area contributed by atoms with E-state index in [4.69, 9.17) is 9.47 Å². The van der Waals surface area contributed by atoms with Crippen LogP contribution in [0.4, 0.5) is 5.69 Å². The number of fused-ring (bicyclic) bond motifs is 5. The van der Waals surface area contributed by atoms with E-state index in [1.807, 2.05) is 47.4 Å². The summed E-state index contributed by atoms with van der Waals surface area (Å²) in [5.74, 6) is -0.329. The fourth-order valence-electron chi connectivity index (χ4n) is 6.49. The van der Waals surface area contributed by atoms with Crippen molar-refractivity contribution in [2.75, 3.05) is 19.1 Å². The number of para-hydroxylation sites is 1. The molecule has 3 aromatic carbocycles. The number of rotatable bonds is 4. The molecule has 3 atom stereocenters. The zero-order chi connectivity index (χ0) is 25.2. The van der Waals surface area contributed by atoms with Gasteiger partial charge in [-0.1, -0.05) is 60.7 Å². The SMILES string of the molecule is COc1ccc([C@H]2[C@@H](C(C)=O)N3c4ccccc4C=C[C@@H]3C23C(=O)c2ccccc2C3=O)cc1OC. The number of methoxy groups -OCH3 is 2. The molecule has 2 heterocycles. The van der Waals surface area contributed by atoms with Crippen LogP contribution in [0, 0.1) is 5.41 Å². The Morgan fingerprint density at radius 1 is 0.861 bits per heavy atom. The van der Waals surface area contributed by atoms with Gasteiger partial charge in [-0.3, -0.25) is 14.4 Å². The number of anilines is 1. The summed E-state index contributed by atoms with van der Waals surface area (Å²) in [7, 11) is 3.09. The van der Waals surface area contributed by atoms with Crippen LogP contribution >= 0.6 is 0 Å². The Balaban J connectivity index is 1.68. The molecule has 2 aliphatic heterocycles. The fourth-order valence-corrected chi connectivity index (χ4v) is 6.49. The van der Waals surface area contributed by atoms with Crippen LogP contribution in [0.25, 0.3) is 6.08 Å². The van der Waals surface area contributed by atoms with E-state index in [9.17, 15) is 14.4 Å². The van der Waals surface area contributed by atoms with Crippen molar-refractivity contribution in [3.05, 3.63) is 95.1 Å². The smallest absolute Gasteiger partial charge is 0.180 e. The molecule has 3 aliphatic rings. The largest absolute Gasteiger partial charge is 0.493 e. The molecule has 0 bridgehead atoms. The summed E-state index contributed by atoms with van der Waals surface area (Å²) in [6.07, 6.45) is 3.87. The third-order valence-electron chi connectivity index (χ3n) is 7.90. The molecule has 1 aliphatic carbocycles. The van der Waals surface area contributed by atoms with Crippen molar-refractivity contribution in [1.29, 1.82) is 0 Å². The molecule has 0 N–H and O–H groups in total. The van der Waals surface area contributed by atoms with Gasteiger partial charge in [-0.2, -0.15) is 0 Å². The molecule has 0 amide bonds. The number of ketones is 3. The van der Waals surface area contributed by atoms with Crippen LogP contribution in [-0.2, 0) is 4.79 Å². The Bertz CT molecular complexity index is 1440. The van der Waals surface area contributed by atoms with Crippen LogP contribution in [0.3, 0.4) is 0 Å². The van der Waals surface area contributed by atoms with Crippen molar-refractivity contribution in [2.24, 2.45) is 5.41 Å². The van der Waals surface area contributed by atoms with Gasteiger partial charge in [0.1, 0.15) is 5.41 Å². The van der Waals surface area contributed by atoms with Gasteiger partial charge < -0.3 is 14.4 Å². The minimum Gasteiger partial charge on any atom is -0.493 e. The van der Waals surface area contributed by atoms with Crippen LogP contribution in [0.15, 0.2) is 72.8 Å². The predicted octanol–water partition coefficient (Wildman–Crippen LogP) is 4.73. The van der Waals surface area contributed by atoms with Gasteiger partial charge >= 0.3 is 0 Å². The zero-order valence-electron chi connectivity index (χ0n) is 20.2. The number of carbonyl (C=O) groups excluding carboxylic acids is 3. The predicted molar refractivity (Wildman–Crippen MR) is 136 cm³/mol. The Morgan fingerprint density at radius 2 is 1.50 bits per heavy atom. The van der Waals surface area contributed by atoms with Gasteiger partial charge in [0.25, 0.3) is 0 Å². The fraction of sp³-hybridized carbons (Fsp3) is 0.233. The molecule has 0 radical (unpaired) electrons. The van der Waals surface area contributed by atoms with Gasteiger partial charge in [-0.25, -0.2) is 0 Å². The van der Waals surface area contributed by atoms with E-state index in [-0.39, 0.29) is 17.3 Å². The minimum atomic E-state index is -1.50. The van der Waals surface area contributed by atoms with E-state index in [1.165, 1.54) is 6.92 Å². The van der Waals surface area contributed by atoms with E-state index in [2.05, 4.69) is 0 Å². The molecule has 36 heavy (non-hydrogen) atoms. The number of nitrogens with zero attached hydrogens (tertiary/aromatic N) is 1. The monoisotopic (exact) mass is 479 g/mol. The molecular formula is C30H25NO5. The van der Waals surface area contributed by atoms with Crippen molar-refractivity contribution in [2.45, 2.75) is 24.9 Å². The Morgan fingerprint density at radius 3 is 2.14 bits per heavy atom. The normalized spacial score (nSPS) is 22.9. The van der Waals surface area contributed by atoms with Gasteiger partial charge in [0.15, 0.2) is 28.8 Å². The second-order valence-electron chi connectivity index (χ2n) is 9.49. The van der Waals surface area contributed by atoms with Gasteiger partial charge in [-0.15, -0.1) is 0 Å². The van der Waals surface area contributed by atoms with E-state index in [1.54, 1.807) is 50.6 Å². The number of hydrogen-bond donors (Lipinski definition) is 0. The van der Waals surface area contributed by atoms with Crippen LogP contribution in [0.2, 0.25) is 0 Å². The Labute approximate surface area is 209 Å². The molecule has 6 rings (SSSR count). The third-order valence-corrected chi connectivity index (χ3v) is 7.90. The minimum absolute atomic E-state index is 0.113. The lowest BCUT2D eigenvalue weighted by Gasteiger charge is -2.37. The molecule has 0 saturated carbocycles. The average Bonchev–Trinajstić information content (AvgIpc) is 3.35. The van der Waals surface area contributed by atoms with Gasteiger partial charge in [0.05, 0.1) is 26.3 Å². The lowest BCUT2D eigenvalue weighted by Crippen LogP contribution is -2.48.